The first-order chi connectivity index (χ1) is 55.4. The molecule has 0 aliphatic rings. The summed E-state index contributed by atoms with van der Waals surface area (Å²) >= 11 is 0. The fraction of sp³-hybridized carbons (Fsp3) is 0.333. The second kappa shape index (κ2) is 57.4. The molecule has 5 nitrogen and oxygen atoms in total. The molecule has 11 rings (SSSR count). The van der Waals surface area contributed by atoms with E-state index in [1.165, 1.54) is 77.1 Å². The van der Waals surface area contributed by atoms with Gasteiger partial charge < -0.3 is 23.7 Å². The summed E-state index contributed by atoms with van der Waals surface area (Å²) in [6, 6.07) is 60.4. The van der Waals surface area contributed by atoms with Crippen molar-refractivity contribution in [3.8, 4) is 28.7 Å². The zero-order valence-electron chi connectivity index (χ0n) is 74.4. The number of halogens is 18. The smallest absolute Gasteiger partial charge is 0.496 e. The molecule has 0 amide bonds. The van der Waals surface area contributed by atoms with Crippen molar-refractivity contribution in [3.05, 3.63) is 356 Å². The van der Waals surface area contributed by atoms with Crippen molar-refractivity contribution in [2.75, 3.05) is 27.9 Å². The van der Waals surface area contributed by atoms with E-state index in [0.717, 1.165) is 90.4 Å². The van der Waals surface area contributed by atoms with Gasteiger partial charge in [0.15, 0.2) is 0 Å². The second-order valence-corrected chi connectivity index (χ2v) is 28.8. The normalized spacial score (nSPS) is 10.1. The molecule has 0 saturated heterocycles. The molecule has 0 unspecified atom stereocenters. The van der Waals surface area contributed by atoms with Crippen LogP contribution in [-0.4, -0.2) is 34.3 Å². The second-order valence-electron chi connectivity index (χ2n) is 28.8. The van der Waals surface area contributed by atoms with Gasteiger partial charge in [0.2, 0.25) is 13.7 Å². The van der Waals surface area contributed by atoms with E-state index < -0.39 is 50.0 Å². The van der Waals surface area contributed by atoms with Gasteiger partial charge in [-0.25, -0.2) is 26.3 Å². The molecule has 672 valence electrons. The summed E-state index contributed by atoms with van der Waals surface area (Å²) in [5.74, 6) is 3.08. The average Bonchev–Trinajstić information content (AvgIpc) is 0.836. The summed E-state index contributed by atoms with van der Waals surface area (Å²) in [5, 5.41) is 0. The van der Waals surface area contributed by atoms with E-state index >= 15 is 0 Å². The monoisotopic (exact) mass is 1730 g/mol. The van der Waals surface area contributed by atoms with E-state index in [1.807, 2.05) is 167 Å². The quantitative estimate of drug-likeness (QED) is 0.128. The van der Waals surface area contributed by atoms with Crippen molar-refractivity contribution in [1.29, 1.82) is 0 Å². The number of aryl methyl sites for hydroxylation is 23. The van der Waals surface area contributed by atoms with Gasteiger partial charge >= 0.3 is 18.7 Å². The van der Waals surface area contributed by atoms with Crippen LogP contribution in [0.1, 0.15) is 162 Å². The van der Waals surface area contributed by atoms with E-state index in [0.29, 0.717) is 33.8 Å². The largest absolute Gasteiger partial charge is 0.573 e. The van der Waals surface area contributed by atoms with E-state index in [1.54, 1.807) is 79.2 Å². The first-order valence-electron chi connectivity index (χ1n) is 37.9. The highest BCUT2D eigenvalue weighted by Crippen LogP contribution is 2.34. The average molecular weight is 1730 g/mol. The molecule has 0 aromatic heterocycles. The Balaban J connectivity index is -0.00000128. The molecule has 0 bridgehead atoms. The summed E-state index contributed by atoms with van der Waals surface area (Å²) in [6.07, 6.45) is -15.4. The number of rotatable bonds is 10. The molecule has 0 saturated carbocycles. The molecule has 11 aromatic rings. The fourth-order valence-corrected chi connectivity index (χ4v) is 10.5. The molecule has 0 spiro atoms. The topological polar surface area (TPSA) is 46.2 Å². The minimum atomic E-state index is -4.61. The molecular formula is C99H120F18O5. The standard InChI is InChI=1S/C9H9F3O.2C9H9F3.C9H10F2.2C9H11FO.2C9H11F.2C9H12O.C9H12.3FH/c1-6-3-4-7(2)8(5-6)13-9(10,11)12;2*1-6-3-4-7(2)8(5-6)9(10,11)12;1-6-3-4-7(2)8(5-6)9(10)11;2*1-7-3-4-8(2)9(5-7)11-6-10;2*1-7-3-4-8(2)9(5-7)6-10;2*1-7-4-5-8(2)9(6-7)10-3;1-7-4-5-8(2)9(3)6-7;;;/h3-5H,1-2H3;2*3-5H,1-2H3;3-5,9H,1-2H3;2*3-5H,6H2,1-2H3;2*3-5H,6H2,1-2H3;2*4-6H,1-3H3;4-6H,1-3H3;3*1H. The Bertz CT molecular complexity index is 4540. The number of methoxy groups -OCH3 is 2. The third-order valence-corrected chi connectivity index (χ3v) is 17.8. The number of ether oxygens (including phenoxy) is 5. The van der Waals surface area contributed by atoms with E-state index in [4.69, 9.17) is 18.9 Å². The van der Waals surface area contributed by atoms with Crippen molar-refractivity contribution in [3.63, 3.8) is 0 Å². The molecule has 0 fully saturated rings. The highest BCUT2D eigenvalue weighted by Gasteiger charge is 2.34. The summed E-state index contributed by atoms with van der Waals surface area (Å²) < 4.78 is 205. The summed E-state index contributed by atoms with van der Waals surface area (Å²) in [5.41, 5.74) is 22.6. The van der Waals surface area contributed by atoms with E-state index in [9.17, 15) is 65.9 Å². The molecule has 0 heterocycles. The van der Waals surface area contributed by atoms with Crippen molar-refractivity contribution >= 4 is 0 Å². The van der Waals surface area contributed by atoms with Crippen LogP contribution < -0.4 is 23.7 Å². The number of hydrogen-bond donors (Lipinski definition) is 0. The predicted molar refractivity (Wildman–Crippen MR) is 465 cm³/mol. The Kier molecular flexibility index (Phi) is 54.3. The SMILES string of the molecule is COc1cc(C)ccc1C.COc1cc(C)ccc1C.Cc1ccc(C)c(C(F)(F)F)c1.Cc1ccc(C)c(C(F)(F)F)c1.Cc1ccc(C)c(C(F)F)c1.Cc1ccc(C)c(C)c1.Cc1ccc(C)c(CF)c1.Cc1ccc(C)c(CF)c1.Cc1ccc(C)c(OC(F)(F)F)c1.Cc1ccc(C)c(OCF)c1.Cc1ccc(C)c(OCF)c1.F.F.F. The minimum Gasteiger partial charge on any atom is -0.496 e. The lowest BCUT2D eigenvalue weighted by Crippen LogP contribution is -2.17. The van der Waals surface area contributed by atoms with Gasteiger partial charge in [-0.1, -0.05) is 191 Å². The van der Waals surface area contributed by atoms with Crippen LogP contribution >= 0.6 is 0 Å². The Hall–Kier alpha value is -10.8. The molecule has 0 N–H and O–H groups in total. The van der Waals surface area contributed by atoms with Crippen LogP contribution in [-0.2, 0) is 25.7 Å². The van der Waals surface area contributed by atoms with Crippen LogP contribution in [0.15, 0.2) is 200 Å². The molecule has 23 heteroatoms. The van der Waals surface area contributed by atoms with Crippen LogP contribution in [0.4, 0.5) is 80.0 Å². The number of benzene rings is 11. The van der Waals surface area contributed by atoms with Crippen molar-refractivity contribution in [1.82, 2.24) is 0 Å². The van der Waals surface area contributed by atoms with Crippen LogP contribution in [0, 0.1) is 159 Å². The molecule has 122 heavy (non-hydrogen) atoms. The summed E-state index contributed by atoms with van der Waals surface area (Å²) in [7, 11) is 3.39. The van der Waals surface area contributed by atoms with Crippen LogP contribution in [0.25, 0.3) is 0 Å². The van der Waals surface area contributed by atoms with Crippen molar-refractivity contribution in [2.45, 2.75) is 198 Å². The molecule has 0 aliphatic heterocycles. The zero-order valence-corrected chi connectivity index (χ0v) is 74.4. The Morgan fingerprint density at radius 3 is 0.705 bits per heavy atom. The van der Waals surface area contributed by atoms with Gasteiger partial charge in [-0.05, 0) is 307 Å². The summed E-state index contributed by atoms with van der Waals surface area (Å²) in [4.78, 5) is 0. The lowest BCUT2D eigenvalue weighted by atomic mass is 10.1. The van der Waals surface area contributed by atoms with Crippen molar-refractivity contribution < 1.29 is 104 Å². The molecule has 0 radical (unpaired) electrons. The predicted octanol–water partition coefficient (Wildman–Crippen LogP) is 31.5. The van der Waals surface area contributed by atoms with E-state index in [2.05, 4.69) is 81.8 Å². The van der Waals surface area contributed by atoms with Gasteiger partial charge in [-0.2, -0.15) is 26.3 Å². The van der Waals surface area contributed by atoms with Gasteiger partial charge in [-0.3, -0.25) is 14.1 Å². The third-order valence-electron chi connectivity index (χ3n) is 17.8. The van der Waals surface area contributed by atoms with Crippen molar-refractivity contribution in [2.24, 2.45) is 0 Å². The Labute approximate surface area is 710 Å². The first-order valence-corrected chi connectivity index (χ1v) is 37.9. The van der Waals surface area contributed by atoms with Crippen LogP contribution in [0.3, 0.4) is 0 Å². The third kappa shape index (κ3) is 45.7. The van der Waals surface area contributed by atoms with Gasteiger partial charge in [-0.15, -0.1) is 13.2 Å². The van der Waals surface area contributed by atoms with E-state index in [-0.39, 0.29) is 49.9 Å². The molecular weight excluding hydrogens is 1610 g/mol. The Morgan fingerprint density at radius 1 is 0.246 bits per heavy atom. The maximum atomic E-state index is 12.2. The highest BCUT2D eigenvalue weighted by atomic mass is 19.4. The lowest BCUT2D eigenvalue weighted by Gasteiger charge is -2.11. The van der Waals surface area contributed by atoms with Gasteiger partial charge in [0, 0.05) is 5.56 Å². The number of hydrogen-bond acceptors (Lipinski definition) is 5. The minimum absolute atomic E-state index is 0. The lowest BCUT2D eigenvalue weighted by molar-refractivity contribution is -0.274. The maximum Gasteiger partial charge on any atom is 0.573 e. The maximum absolute atomic E-state index is 12.2. The van der Waals surface area contributed by atoms with Gasteiger partial charge in [0.05, 0.1) is 25.3 Å². The van der Waals surface area contributed by atoms with Gasteiger partial charge in [0.25, 0.3) is 6.43 Å². The summed E-state index contributed by atoms with van der Waals surface area (Å²) in [6.45, 7) is 40.8. The fourth-order valence-electron chi connectivity index (χ4n) is 10.5. The number of alkyl halides is 15. The highest BCUT2D eigenvalue weighted by molar-refractivity contribution is 5.41. The Morgan fingerprint density at radius 2 is 0.475 bits per heavy atom. The van der Waals surface area contributed by atoms with Gasteiger partial charge in [0.1, 0.15) is 42.1 Å². The van der Waals surface area contributed by atoms with Crippen LogP contribution in [0.5, 0.6) is 28.7 Å². The molecule has 11 aromatic carbocycles. The van der Waals surface area contributed by atoms with Crippen LogP contribution in [0.2, 0.25) is 0 Å². The molecule has 0 atom stereocenters. The molecule has 0 aliphatic carbocycles. The first kappa shape index (κ1) is 115. The zero-order chi connectivity index (χ0) is 90.8.